The van der Waals surface area contributed by atoms with Crippen LogP contribution in [0.2, 0.25) is 5.15 Å². The van der Waals surface area contributed by atoms with Crippen molar-refractivity contribution in [2.75, 3.05) is 18.5 Å². The lowest BCUT2D eigenvalue weighted by atomic mass is 10.3. The summed E-state index contributed by atoms with van der Waals surface area (Å²) < 4.78 is 5.27. The summed E-state index contributed by atoms with van der Waals surface area (Å²) in [5, 5.41) is 3.70. The fourth-order valence-electron chi connectivity index (χ4n) is 1.08. The molecule has 1 heterocycles. The molecule has 0 radical (unpaired) electrons. The Balaban J connectivity index is 2.43. The molecular formula is C10H15ClN2O. The van der Waals surface area contributed by atoms with Gasteiger partial charge in [-0.3, -0.25) is 0 Å². The highest BCUT2D eigenvalue weighted by Gasteiger charge is 2.02. The minimum absolute atomic E-state index is 0.237. The highest BCUT2D eigenvalue weighted by Crippen LogP contribution is 2.10. The average molecular weight is 215 g/mol. The van der Waals surface area contributed by atoms with E-state index < -0.39 is 0 Å². The van der Waals surface area contributed by atoms with E-state index in [9.17, 15) is 0 Å². The summed E-state index contributed by atoms with van der Waals surface area (Å²) >= 11 is 5.75. The van der Waals surface area contributed by atoms with Crippen LogP contribution in [0.4, 0.5) is 5.82 Å². The Bertz CT molecular complexity index is 281. The van der Waals surface area contributed by atoms with Gasteiger partial charge in [-0.25, -0.2) is 4.98 Å². The van der Waals surface area contributed by atoms with E-state index in [4.69, 9.17) is 16.3 Å². The van der Waals surface area contributed by atoms with Gasteiger partial charge in [-0.15, -0.1) is 0 Å². The number of rotatable bonds is 5. The van der Waals surface area contributed by atoms with E-state index in [1.165, 1.54) is 0 Å². The molecule has 0 aliphatic rings. The predicted molar refractivity (Wildman–Crippen MR) is 58.8 cm³/mol. The first kappa shape index (κ1) is 11.3. The Labute approximate surface area is 89.4 Å². The quantitative estimate of drug-likeness (QED) is 0.765. The Kier molecular flexibility index (Phi) is 4.70. The SMILES string of the molecule is CCOCC(C)Nc1cccc(Cl)n1. The van der Waals surface area contributed by atoms with E-state index in [1.54, 1.807) is 6.07 Å². The van der Waals surface area contributed by atoms with Crippen LogP contribution in [0, 0.1) is 0 Å². The van der Waals surface area contributed by atoms with E-state index in [-0.39, 0.29) is 6.04 Å². The zero-order valence-electron chi connectivity index (χ0n) is 8.46. The topological polar surface area (TPSA) is 34.1 Å². The van der Waals surface area contributed by atoms with Gasteiger partial charge in [-0.05, 0) is 26.0 Å². The summed E-state index contributed by atoms with van der Waals surface area (Å²) in [5.74, 6) is 0.782. The van der Waals surface area contributed by atoms with Crippen LogP contribution in [0.5, 0.6) is 0 Å². The van der Waals surface area contributed by atoms with Crippen LogP contribution in [0.25, 0.3) is 0 Å². The van der Waals surface area contributed by atoms with Crippen molar-refractivity contribution in [3.05, 3.63) is 23.4 Å². The molecule has 3 nitrogen and oxygen atoms in total. The molecule has 0 bridgehead atoms. The van der Waals surface area contributed by atoms with E-state index in [0.717, 1.165) is 12.4 Å². The maximum absolute atomic E-state index is 5.75. The van der Waals surface area contributed by atoms with Gasteiger partial charge in [0.25, 0.3) is 0 Å². The summed E-state index contributed by atoms with van der Waals surface area (Å²) in [5.41, 5.74) is 0. The van der Waals surface area contributed by atoms with Gasteiger partial charge >= 0.3 is 0 Å². The molecule has 1 N–H and O–H groups in total. The van der Waals surface area contributed by atoms with Crippen LogP contribution in [-0.2, 0) is 4.74 Å². The highest BCUT2D eigenvalue weighted by molar-refractivity contribution is 6.29. The Morgan fingerprint density at radius 1 is 1.57 bits per heavy atom. The molecule has 0 aliphatic heterocycles. The molecule has 1 unspecified atom stereocenters. The normalized spacial score (nSPS) is 12.5. The largest absolute Gasteiger partial charge is 0.380 e. The maximum atomic E-state index is 5.75. The summed E-state index contributed by atoms with van der Waals surface area (Å²) in [4.78, 5) is 4.12. The molecule has 0 aromatic carbocycles. The van der Waals surface area contributed by atoms with Crippen LogP contribution < -0.4 is 5.32 Å². The van der Waals surface area contributed by atoms with Crippen molar-refractivity contribution in [1.29, 1.82) is 0 Å². The maximum Gasteiger partial charge on any atom is 0.131 e. The first-order valence-electron chi connectivity index (χ1n) is 4.69. The lowest BCUT2D eigenvalue weighted by Crippen LogP contribution is -2.22. The van der Waals surface area contributed by atoms with E-state index in [2.05, 4.69) is 10.3 Å². The first-order chi connectivity index (χ1) is 6.72. The molecule has 1 aromatic rings. The van der Waals surface area contributed by atoms with Crippen LogP contribution in [0.1, 0.15) is 13.8 Å². The second-order valence-corrected chi connectivity index (χ2v) is 3.44. The lowest BCUT2D eigenvalue weighted by molar-refractivity contribution is 0.141. The molecule has 78 valence electrons. The standard InChI is InChI=1S/C10H15ClN2O/c1-3-14-7-8(2)12-10-6-4-5-9(11)13-10/h4-6,8H,3,7H2,1-2H3,(H,12,13). The van der Waals surface area contributed by atoms with Gasteiger partial charge < -0.3 is 10.1 Å². The Morgan fingerprint density at radius 3 is 3.00 bits per heavy atom. The first-order valence-corrected chi connectivity index (χ1v) is 5.07. The molecule has 0 saturated heterocycles. The summed E-state index contributed by atoms with van der Waals surface area (Å²) in [6.07, 6.45) is 0. The van der Waals surface area contributed by atoms with Crippen molar-refractivity contribution >= 4 is 17.4 Å². The third-order valence-electron chi connectivity index (χ3n) is 1.68. The van der Waals surface area contributed by atoms with E-state index in [0.29, 0.717) is 11.8 Å². The molecule has 1 rings (SSSR count). The second-order valence-electron chi connectivity index (χ2n) is 3.05. The zero-order chi connectivity index (χ0) is 10.4. The molecule has 0 fully saturated rings. The minimum atomic E-state index is 0.237. The van der Waals surface area contributed by atoms with Gasteiger partial charge in [0.05, 0.1) is 6.61 Å². The lowest BCUT2D eigenvalue weighted by Gasteiger charge is -2.13. The number of ether oxygens (including phenoxy) is 1. The third kappa shape index (κ3) is 3.94. The Hall–Kier alpha value is -0.800. The number of halogens is 1. The predicted octanol–water partition coefficient (Wildman–Crippen LogP) is 2.57. The molecule has 0 amide bonds. The fourth-order valence-corrected chi connectivity index (χ4v) is 1.24. The van der Waals surface area contributed by atoms with Crippen molar-refractivity contribution in [3.63, 3.8) is 0 Å². The van der Waals surface area contributed by atoms with Gasteiger partial charge in [-0.1, -0.05) is 17.7 Å². The van der Waals surface area contributed by atoms with Crippen LogP contribution >= 0.6 is 11.6 Å². The molecule has 4 heteroatoms. The number of nitrogens with one attached hydrogen (secondary N) is 1. The van der Waals surface area contributed by atoms with Crippen molar-refractivity contribution in [2.24, 2.45) is 0 Å². The van der Waals surface area contributed by atoms with Crippen molar-refractivity contribution in [3.8, 4) is 0 Å². The number of pyridine rings is 1. The number of aromatic nitrogens is 1. The molecular weight excluding hydrogens is 200 g/mol. The second kappa shape index (κ2) is 5.83. The van der Waals surface area contributed by atoms with Crippen LogP contribution in [0.15, 0.2) is 18.2 Å². The molecule has 0 aliphatic carbocycles. The Morgan fingerprint density at radius 2 is 2.36 bits per heavy atom. The van der Waals surface area contributed by atoms with Crippen molar-refractivity contribution in [1.82, 2.24) is 4.98 Å². The molecule has 14 heavy (non-hydrogen) atoms. The fraction of sp³-hybridized carbons (Fsp3) is 0.500. The van der Waals surface area contributed by atoms with Gasteiger partial charge in [-0.2, -0.15) is 0 Å². The monoisotopic (exact) mass is 214 g/mol. The molecule has 1 atom stereocenters. The molecule has 1 aromatic heterocycles. The number of anilines is 1. The summed E-state index contributed by atoms with van der Waals surface area (Å²) in [7, 11) is 0. The third-order valence-corrected chi connectivity index (χ3v) is 1.89. The summed E-state index contributed by atoms with van der Waals surface area (Å²) in [6, 6.07) is 5.74. The molecule has 0 saturated carbocycles. The van der Waals surface area contributed by atoms with Crippen molar-refractivity contribution in [2.45, 2.75) is 19.9 Å². The van der Waals surface area contributed by atoms with Gasteiger partial charge in [0.2, 0.25) is 0 Å². The highest BCUT2D eigenvalue weighted by atomic mass is 35.5. The molecule has 0 spiro atoms. The smallest absolute Gasteiger partial charge is 0.131 e. The number of hydrogen-bond donors (Lipinski definition) is 1. The summed E-state index contributed by atoms with van der Waals surface area (Å²) in [6.45, 7) is 5.42. The van der Waals surface area contributed by atoms with Gasteiger partial charge in [0, 0.05) is 12.6 Å². The van der Waals surface area contributed by atoms with Crippen LogP contribution in [0.3, 0.4) is 0 Å². The zero-order valence-corrected chi connectivity index (χ0v) is 9.21. The van der Waals surface area contributed by atoms with Gasteiger partial charge in [0.15, 0.2) is 0 Å². The van der Waals surface area contributed by atoms with Crippen LogP contribution in [-0.4, -0.2) is 24.2 Å². The van der Waals surface area contributed by atoms with E-state index >= 15 is 0 Å². The van der Waals surface area contributed by atoms with E-state index in [1.807, 2.05) is 26.0 Å². The number of hydrogen-bond acceptors (Lipinski definition) is 3. The number of nitrogens with zero attached hydrogens (tertiary/aromatic N) is 1. The minimum Gasteiger partial charge on any atom is -0.380 e. The van der Waals surface area contributed by atoms with Crippen molar-refractivity contribution < 1.29 is 4.74 Å². The van der Waals surface area contributed by atoms with Gasteiger partial charge in [0.1, 0.15) is 11.0 Å². The average Bonchev–Trinajstić information content (AvgIpc) is 2.15.